The highest BCUT2D eigenvalue weighted by Gasteiger charge is 2.18. The lowest BCUT2D eigenvalue weighted by Crippen LogP contribution is -2.17. The van der Waals surface area contributed by atoms with Gasteiger partial charge in [-0.15, -0.1) is 23.5 Å². The Bertz CT molecular complexity index is 752. The summed E-state index contributed by atoms with van der Waals surface area (Å²) in [4.78, 5) is 23.3. The van der Waals surface area contributed by atoms with Crippen LogP contribution in [0.3, 0.4) is 0 Å². The number of carbonyl (C=O) groups is 2. The zero-order valence-corrected chi connectivity index (χ0v) is 15.4. The molecule has 0 saturated carbocycles. The van der Waals surface area contributed by atoms with E-state index in [9.17, 15) is 9.59 Å². The normalized spacial score (nSPS) is 14.3. The number of Topliss-reactive ketones (excluding diaryl/α,β-unsaturated/α-hetero) is 1. The summed E-state index contributed by atoms with van der Waals surface area (Å²) in [7, 11) is 0. The highest BCUT2D eigenvalue weighted by Crippen LogP contribution is 2.45. The van der Waals surface area contributed by atoms with Crippen LogP contribution < -0.4 is 9.47 Å². The van der Waals surface area contributed by atoms with Gasteiger partial charge in [0.05, 0.1) is 4.58 Å². The van der Waals surface area contributed by atoms with E-state index in [1.54, 1.807) is 24.3 Å². The lowest BCUT2D eigenvalue weighted by Gasteiger charge is -2.10. The molecule has 6 heteroatoms. The molecule has 0 radical (unpaired) electrons. The lowest BCUT2D eigenvalue weighted by atomic mass is 10.1. The monoisotopic (exact) mass is 374 g/mol. The quantitative estimate of drug-likeness (QED) is 0.426. The van der Waals surface area contributed by atoms with Crippen LogP contribution in [0.2, 0.25) is 0 Å². The number of benzene rings is 2. The molecule has 0 N–H and O–H groups in total. The predicted octanol–water partition coefficient (Wildman–Crippen LogP) is 4.35. The Kier molecular flexibility index (Phi) is 6.04. The molecule has 0 spiro atoms. The molecular weight excluding hydrogens is 356 g/mol. The molecule has 1 fully saturated rings. The molecule has 1 heterocycles. The summed E-state index contributed by atoms with van der Waals surface area (Å²) >= 11 is 3.87. The summed E-state index contributed by atoms with van der Waals surface area (Å²) in [6.45, 7) is 1.27. The van der Waals surface area contributed by atoms with Gasteiger partial charge in [0.1, 0.15) is 11.5 Å². The van der Waals surface area contributed by atoms with Crippen LogP contribution >= 0.6 is 23.5 Å². The third-order valence-electron chi connectivity index (χ3n) is 3.60. The van der Waals surface area contributed by atoms with Crippen molar-refractivity contribution in [3.8, 4) is 11.5 Å². The van der Waals surface area contributed by atoms with Crippen molar-refractivity contribution < 1.29 is 19.1 Å². The van der Waals surface area contributed by atoms with Crippen LogP contribution in [-0.4, -0.2) is 29.9 Å². The Morgan fingerprint density at radius 1 is 1.04 bits per heavy atom. The first-order chi connectivity index (χ1) is 12.1. The first-order valence-corrected chi connectivity index (χ1v) is 9.99. The summed E-state index contributed by atoms with van der Waals surface area (Å²) in [6.07, 6.45) is 0. The Balaban J connectivity index is 1.52. The minimum Gasteiger partial charge on any atom is -0.482 e. The number of rotatable bonds is 6. The fourth-order valence-corrected chi connectivity index (χ4v) is 5.21. The van der Waals surface area contributed by atoms with Crippen molar-refractivity contribution in [2.45, 2.75) is 11.5 Å². The molecule has 130 valence electrons. The molecule has 0 unspecified atom stereocenters. The van der Waals surface area contributed by atoms with Crippen molar-refractivity contribution in [3.63, 3.8) is 0 Å². The van der Waals surface area contributed by atoms with E-state index in [4.69, 9.17) is 9.47 Å². The molecule has 0 aliphatic carbocycles. The summed E-state index contributed by atoms with van der Waals surface area (Å²) in [5, 5.41) is 0. The third kappa shape index (κ3) is 5.03. The maximum absolute atomic E-state index is 11.9. The van der Waals surface area contributed by atoms with Gasteiger partial charge in [0.2, 0.25) is 0 Å². The van der Waals surface area contributed by atoms with E-state index < -0.39 is 5.97 Å². The number of hydrogen-bond donors (Lipinski definition) is 0. The van der Waals surface area contributed by atoms with E-state index in [1.165, 1.54) is 24.0 Å². The minimum absolute atomic E-state index is 0.0493. The van der Waals surface area contributed by atoms with E-state index in [0.717, 1.165) is 0 Å². The van der Waals surface area contributed by atoms with Gasteiger partial charge in [0, 0.05) is 17.1 Å². The van der Waals surface area contributed by atoms with Gasteiger partial charge in [-0.2, -0.15) is 0 Å². The van der Waals surface area contributed by atoms with Crippen LogP contribution in [-0.2, 0) is 4.79 Å². The molecule has 2 aromatic carbocycles. The number of hydrogen-bond acceptors (Lipinski definition) is 6. The molecule has 1 aliphatic heterocycles. The molecule has 4 nitrogen and oxygen atoms in total. The Hall–Kier alpha value is -1.92. The van der Waals surface area contributed by atoms with Crippen LogP contribution in [0.1, 0.15) is 27.4 Å². The zero-order chi connectivity index (χ0) is 17.6. The molecule has 1 aliphatic rings. The van der Waals surface area contributed by atoms with E-state index in [0.29, 0.717) is 21.6 Å². The maximum atomic E-state index is 11.9. The Labute approximate surface area is 155 Å². The molecule has 0 aromatic heterocycles. The fourth-order valence-electron chi connectivity index (χ4n) is 2.35. The van der Waals surface area contributed by atoms with Crippen LogP contribution in [0.5, 0.6) is 11.5 Å². The lowest BCUT2D eigenvalue weighted by molar-refractivity contribution is -0.136. The third-order valence-corrected chi connectivity index (χ3v) is 6.71. The van der Waals surface area contributed by atoms with Gasteiger partial charge in [0.25, 0.3) is 0 Å². The van der Waals surface area contributed by atoms with Crippen LogP contribution in [0, 0.1) is 0 Å². The SMILES string of the molecule is CC(=O)c1cccc(OCC(=O)Oc2ccc(C3SCCS3)cc2)c1. The van der Waals surface area contributed by atoms with Crippen molar-refractivity contribution in [1.82, 2.24) is 0 Å². The molecule has 0 bridgehead atoms. The second kappa shape index (κ2) is 8.45. The molecule has 3 rings (SSSR count). The summed E-state index contributed by atoms with van der Waals surface area (Å²) in [5.74, 6) is 2.79. The smallest absolute Gasteiger partial charge is 0.349 e. The van der Waals surface area contributed by atoms with Crippen molar-refractivity contribution in [3.05, 3.63) is 59.7 Å². The van der Waals surface area contributed by atoms with Gasteiger partial charge in [-0.25, -0.2) is 4.79 Å². The largest absolute Gasteiger partial charge is 0.482 e. The van der Waals surface area contributed by atoms with Crippen molar-refractivity contribution in [2.75, 3.05) is 18.1 Å². The molecule has 2 aromatic rings. The van der Waals surface area contributed by atoms with Gasteiger partial charge in [0.15, 0.2) is 12.4 Å². The number of thioether (sulfide) groups is 2. The van der Waals surface area contributed by atoms with Crippen molar-refractivity contribution >= 4 is 35.3 Å². The molecule has 0 amide bonds. The molecule has 25 heavy (non-hydrogen) atoms. The van der Waals surface area contributed by atoms with Gasteiger partial charge < -0.3 is 9.47 Å². The van der Waals surface area contributed by atoms with Crippen LogP contribution in [0.25, 0.3) is 0 Å². The average molecular weight is 374 g/mol. The fraction of sp³-hybridized carbons (Fsp3) is 0.263. The van der Waals surface area contributed by atoms with E-state index in [2.05, 4.69) is 0 Å². The van der Waals surface area contributed by atoms with E-state index in [1.807, 2.05) is 47.8 Å². The van der Waals surface area contributed by atoms with Gasteiger partial charge >= 0.3 is 5.97 Å². The summed E-state index contributed by atoms with van der Waals surface area (Å²) in [6, 6.07) is 14.3. The Morgan fingerprint density at radius 2 is 1.76 bits per heavy atom. The first kappa shape index (κ1) is 17.9. The average Bonchev–Trinajstić information content (AvgIpc) is 3.15. The summed E-state index contributed by atoms with van der Waals surface area (Å²) in [5.41, 5.74) is 1.79. The highest BCUT2D eigenvalue weighted by atomic mass is 32.2. The van der Waals surface area contributed by atoms with Crippen molar-refractivity contribution in [1.29, 1.82) is 0 Å². The van der Waals surface area contributed by atoms with Gasteiger partial charge in [-0.3, -0.25) is 4.79 Å². The highest BCUT2D eigenvalue weighted by molar-refractivity contribution is 8.19. The van der Waals surface area contributed by atoms with Crippen LogP contribution in [0.15, 0.2) is 48.5 Å². The topological polar surface area (TPSA) is 52.6 Å². The number of carbonyl (C=O) groups excluding carboxylic acids is 2. The zero-order valence-electron chi connectivity index (χ0n) is 13.8. The molecular formula is C19H18O4S2. The number of ether oxygens (including phenoxy) is 2. The second-order valence-electron chi connectivity index (χ2n) is 5.49. The van der Waals surface area contributed by atoms with Crippen molar-refractivity contribution in [2.24, 2.45) is 0 Å². The summed E-state index contributed by atoms with van der Waals surface area (Å²) < 4.78 is 11.2. The number of ketones is 1. The Morgan fingerprint density at radius 3 is 2.44 bits per heavy atom. The van der Waals surface area contributed by atoms with E-state index in [-0.39, 0.29) is 12.4 Å². The van der Waals surface area contributed by atoms with Gasteiger partial charge in [-0.1, -0.05) is 24.3 Å². The standard InChI is InChI=1S/C19H18O4S2/c1-13(20)15-3-2-4-17(11-15)22-12-18(21)23-16-7-5-14(6-8-16)19-24-9-10-25-19/h2-8,11,19H,9-10,12H2,1H3. The molecule has 0 atom stereocenters. The maximum Gasteiger partial charge on any atom is 0.349 e. The first-order valence-electron chi connectivity index (χ1n) is 7.89. The predicted molar refractivity (Wildman–Crippen MR) is 102 cm³/mol. The number of esters is 1. The van der Waals surface area contributed by atoms with E-state index >= 15 is 0 Å². The van der Waals surface area contributed by atoms with Gasteiger partial charge in [-0.05, 0) is 36.8 Å². The second-order valence-corrected chi connectivity index (χ2v) is 8.21. The molecule has 1 saturated heterocycles. The minimum atomic E-state index is -0.481. The van der Waals surface area contributed by atoms with Crippen LogP contribution in [0.4, 0.5) is 0 Å².